The van der Waals surface area contributed by atoms with Crippen LogP contribution in [0.5, 0.6) is 0 Å². The van der Waals surface area contributed by atoms with Crippen LogP contribution in [0.3, 0.4) is 0 Å². The van der Waals surface area contributed by atoms with Gasteiger partial charge in [-0.1, -0.05) is 0 Å². The first-order valence-electron chi connectivity index (χ1n) is 5.37. The van der Waals surface area contributed by atoms with Crippen LogP contribution in [-0.4, -0.2) is 18.5 Å². The van der Waals surface area contributed by atoms with Gasteiger partial charge in [0.1, 0.15) is 0 Å². The van der Waals surface area contributed by atoms with Crippen molar-refractivity contribution in [1.29, 1.82) is 0 Å². The fourth-order valence-corrected chi connectivity index (χ4v) is 2.16. The van der Waals surface area contributed by atoms with Gasteiger partial charge >= 0.3 is 0 Å². The number of carbonyl (C=O) groups is 1. The number of furan rings is 1. The Morgan fingerprint density at radius 2 is 2.35 bits per heavy atom. The van der Waals surface area contributed by atoms with E-state index in [1.165, 1.54) is 12.8 Å². The van der Waals surface area contributed by atoms with Crippen molar-refractivity contribution in [3.8, 4) is 0 Å². The third-order valence-electron chi connectivity index (χ3n) is 2.82. The fourth-order valence-electron chi connectivity index (χ4n) is 1.65. The SMILES string of the molecule is Cc1cc(Br)oc1C(=O)NCC(N)C1CC1.Cl. The van der Waals surface area contributed by atoms with E-state index in [-0.39, 0.29) is 24.4 Å². The second-order valence-electron chi connectivity index (χ2n) is 4.27. The summed E-state index contributed by atoms with van der Waals surface area (Å²) in [4.78, 5) is 11.7. The lowest BCUT2D eigenvalue weighted by atomic mass is 10.2. The van der Waals surface area contributed by atoms with Crippen LogP contribution < -0.4 is 11.1 Å². The van der Waals surface area contributed by atoms with E-state index in [1.54, 1.807) is 6.07 Å². The van der Waals surface area contributed by atoms with Crippen molar-refractivity contribution in [3.63, 3.8) is 0 Å². The van der Waals surface area contributed by atoms with E-state index in [1.807, 2.05) is 6.92 Å². The lowest BCUT2D eigenvalue weighted by Gasteiger charge is -2.10. The Hall–Kier alpha value is -0.520. The van der Waals surface area contributed by atoms with Crippen molar-refractivity contribution >= 4 is 34.2 Å². The number of amides is 1. The molecule has 1 saturated carbocycles. The highest BCUT2D eigenvalue weighted by atomic mass is 79.9. The molecule has 4 nitrogen and oxygen atoms in total. The number of nitrogens with one attached hydrogen (secondary N) is 1. The van der Waals surface area contributed by atoms with E-state index in [9.17, 15) is 4.79 Å². The maximum absolute atomic E-state index is 11.7. The maximum Gasteiger partial charge on any atom is 0.287 e. The first kappa shape index (κ1) is 14.5. The molecule has 1 aromatic heterocycles. The number of rotatable bonds is 4. The molecule has 1 atom stereocenters. The highest BCUT2D eigenvalue weighted by Crippen LogP contribution is 2.31. The lowest BCUT2D eigenvalue weighted by Crippen LogP contribution is -2.38. The van der Waals surface area contributed by atoms with Crippen molar-refractivity contribution in [3.05, 3.63) is 22.1 Å². The molecule has 1 aromatic rings. The number of halogens is 2. The van der Waals surface area contributed by atoms with E-state index in [0.717, 1.165) is 5.56 Å². The van der Waals surface area contributed by atoms with Crippen LogP contribution in [0.4, 0.5) is 0 Å². The van der Waals surface area contributed by atoms with Gasteiger partial charge in [-0.05, 0) is 47.7 Å². The Kier molecular flexibility index (Phi) is 5.04. The highest BCUT2D eigenvalue weighted by Gasteiger charge is 2.28. The molecule has 1 aliphatic carbocycles. The zero-order valence-corrected chi connectivity index (χ0v) is 11.9. The summed E-state index contributed by atoms with van der Waals surface area (Å²) < 4.78 is 5.82. The Balaban J connectivity index is 0.00000144. The predicted octanol–water partition coefficient (Wildman–Crippen LogP) is 2.24. The molecule has 1 aliphatic rings. The van der Waals surface area contributed by atoms with Crippen LogP contribution in [-0.2, 0) is 0 Å². The molecular weight excluding hydrogens is 307 g/mol. The number of hydrogen-bond donors (Lipinski definition) is 2. The third-order valence-corrected chi connectivity index (χ3v) is 3.21. The van der Waals surface area contributed by atoms with E-state index in [0.29, 0.717) is 22.9 Å². The minimum absolute atomic E-state index is 0. The first-order chi connectivity index (χ1) is 7.58. The summed E-state index contributed by atoms with van der Waals surface area (Å²) in [5.41, 5.74) is 6.72. The molecule has 0 spiro atoms. The molecular formula is C11H16BrClN2O2. The van der Waals surface area contributed by atoms with Gasteiger partial charge in [-0.3, -0.25) is 4.79 Å². The summed E-state index contributed by atoms with van der Waals surface area (Å²) in [5, 5.41) is 2.80. The van der Waals surface area contributed by atoms with Gasteiger partial charge in [-0.15, -0.1) is 12.4 Å². The van der Waals surface area contributed by atoms with Crippen LogP contribution in [0, 0.1) is 12.8 Å². The zero-order valence-electron chi connectivity index (χ0n) is 9.53. The highest BCUT2D eigenvalue weighted by molar-refractivity contribution is 9.10. The second kappa shape index (κ2) is 5.89. The molecule has 0 saturated heterocycles. The molecule has 1 amide bonds. The quantitative estimate of drug-likeness (QED) is 0.893. The van der Waals surface area contributed by atoms with Gasteiger partial charge in [-0.25, -0.2) is 0 Å². The number of hydrogen-bond acceptors (Lipinski definition) is 3. The summed E-state index contributed by atoms with van der Waals surface area (Å²) >= 11 is 3.19. The summed E-state index contributed by atoms with van der Waals surface area (Å²) in [6, 6.07) is 1.85. The molecule has 96 valence electrons. The average Bonchev–Trinajstić information content (AvgIpc) is 3.01. The van der Waals surface area contributed by atoms with E-state index in [4.69, 9.17) is 10.2 Å². The summed E-state index contributed by atoms with van der Waals surface area (Å²) in [5.74, 6) is 0.749. The normalized spacial score (nSPS) is 16.2. The summed E-state index contributed by atoms with van der Waals surface area (Å²) in [6.45, 7) is 2.35. The van der Waals surface area contributed by atoms with Crippen molar-refractivity contribution in [2.24, 2.45) is 11.7 Å². The van der Waals surface area contributed by atoms with E-state index < -0.39 is 0 Å². The Morgan fingerprint density at radius 3 is 2.82 bits per heavy atom. The maximum atomic E-state index is 11.7. The van der Waals surface area contributed by atoms with Gasteiger partial charge in [-0.2, -0.15) is 0 Å². The van der Waals surface area contributed by atoms with Gasteiger partial charge in [0.05, 0.1) is 0 Å². The third kappa shape index (κ3) is 3.72. The standard InChI is InChI=1S/C11H15BrN2O2.ClH/c1-6-4-9(12)16-10(6)11(15)14-5-8(13)7-2-3-7;/h4,7-8H,2-3,5,13H2,1H3,(H,14,15);1H. The minimum atomic E-state index is -0.195. The molecule has 0 radical (unpaired) electrons. The number of carbonyl (C=O) groups excluding carboxylic acids is 1. The monoisotopic (exact) mass is 322 g/mol. The molecule has 0 aliphatic heterocycles. The molecule has 0 aromatic carbocycles. The molecule has 17 heavy (non-hydrogen) atoms. The Morgan fingerprint density at radius 1 is 1.71 bits per heavy atom. The average molecular weight is 324 g/mol. The van der Waals surface area contributed by atoms with Crippen molar-refractivity contribution < 1.29 is 9.21 Å². The second-order valence-corrected chi connectivity index (χ2v) is 5.06. The number of nitrogens with two attached hydrogens (primary N) is 1. The van der Waals surface area contributed by atoms with Crippen LogP contribution >= 0.6 is 28.3 Å². The van der Waals surface area contributed by atoms with Gasteiger partial charge in [0.15, 0.2) is 10.4 Å². The lowest BCUT2D eigenvalue weighted by molar-refractivity contribution is 0.0920. The minimum Gasteiger partial charge on any atom is -0.444 e. The van der Waals surface area contributed by atoms with E-state index >= 15 is 0 Å². The number of aryl methyl sites for hydroxylation is 1. The van der Waals surface area contributed by atoms with Crippen molar-refractivity contribution in [2.45, 2.75) is 25.8 Å². The smallest absolute Gasteiger partial charge is 0.287 e. The van der Waals surface area contributed by atoms with Crippen molar-refractivity contribution in [2.75, 3.05) is 6.54 Å². The molecule has 1 heterocycles. The molecule has 0 bridgehead atoms. The van der Waals surface area contributed by atoms with Crippen LogP contribution in [0.1, 0.15) is 29.0 Å². The molecule has 3 N–H and O–H groups in total. The Labute approximate surface area is 115 Å². The van der Waals surface area contributed by atoms with Gasteiger partial charge in [0.25, 0.3) is 5.91 Å². The molecule has 6 heteroatoms. The summed E-state index contributed by atoms with van der Waals surface area (Å²) in [6.07, 6.45) is 2.37. The van der Waals surface area contributed by atoms with Gasteiger partial charge in [0.2, 0.25) is 0 Å². The van der Waals surface area contributed by atoms with Crippen molar-refractivity contribution in [1.82, 2.24) is 5.32 Å². The van der Waals surface area contributed by atoms with Crippen LogP contribution in [0.2, 0.25) is 0 Å². The van der Waals surface area contributed by atoms with Crippen LogP contribution in [0.25, 0.3) is 0 Å². The zero-order chi connectivity index (χ0) is 11.7. The first-order valence-corrected chi connectivity index (χ1v) is 6.17. The fraction of sp³-hybridized carbons (Fsp3) is 0.545. The van der Waals surface area contributed by atoms with Gasteiger partial charge < -0.3 is 15.5 Å². The molecule has 2 rings (SSSR count). The van der Waals surface area contributed by atoms with Crippen LogP contribution in [0.15, 0.2) is 15.2 Å². The molecule has 1 fully saturated rings. The Bertz CT molecular complexity index is 404. The largest absolute Gasteiger partial charge is 0.444 e. The predicted molar refractivity (Wildman–Crippen MR) is 71.4 cm³/mol. The molecule has 1 unspecified atom stereocenters. The van der Waals surface area contributed by atoms with Gasteiger partial charge in [0, 0.05) is 18.2 Å². The topological polar surface area (TPSA) is 68.3 Å². The summed E-state index contributed by atoms with van der Waals surface area (Å²) in [7, 11) is 0. The van der Waals surface area contributed by atoms with E-state index in [2.05, 4.69) is 21.2 Å².